The van der Waals surface area contributed by atoms with E-state index in [2.05, 4.69) is 25.7 Å². The fourth-order valence-corrected chi connectivity index (χ4v) is 8.41. The van der Waals surface area contributed by atoms with Gasteiger partial charge in [0.15, 0.2) is 0 Å². The Morgan fingerprint density at radius 3 is 0.964 bits per heavy atom. The topological polar surface area (TPSA) is 90.3 Å². The Balaban J connectivity index is 4.26. The highest BCUT2D eigenvalue weighted by Gasteiger charge is 2.16. The molecule has 0 amide bonds. The van der Waals surface area contributed by atoms with Gasteiger partial charge in [-0.3, -0.25) is 9.36 Å². The van der Waals surface area contributed by atoms with Gasteiger partial charge in [0.1, 0.15) is 0 Å². The van der Waals surface area contributed by atoms with Gasteiger partial charge < -0.3 is 19.5 Å². The van der Waals surface area contributed by atoms with Crippen LogP contribution in [0.5, 0.6) is 0 Å². The molecule has 2 N–H and O–H groups in total. The van der Waals surface area contributed by atoms with E-state index in [1.165, 1.54) is 186 Å². The molecule has 0 saturated carbocycles. The molecule has 0 aliphatic carbocycles. The van der Waals surface area contributed by atoms with Crippen LogP contribution < -0.4 is 0 Å². The van der Waals surface area contributed by atoms with Crippen molar-refractivity contribution in [1.29, 1.82) is 0 Å². The van der Waals surface area contributed by atoms with Crippen LogP contribution >= 0.6 is 7.60 Å². The highest BCUT2D eigenvalue weighted by molar-refractivity contribution is 7.51. The zero-order chi connectivity index (χ0) is 41.1. The molecule has 0 heterocycles. The minimum Gasteiger partial charge on any atom is -0.368 e. The van der Waals surface area contributed by atoms with Crippen molar-refractivity contribution in [3.05, 3.63) is 0 Å². The van der Waals surface area contributed by atoms with Crippen LogP contribution in [0, 0.1) is 0 Å². The Labute approximate surface area is 350 Å². The maximum atomic E-state index is 12.8. The first-order valence-electron chi connectivity index (χ1n) is 25.0. The quantitative estimate of drug-likeness (QED) is 0.0359. The minimum atomic E-state index is -3.97. The third-order valence-corrected chi connectivity index (χ3v) is 12.4. The van der Waals surface area contributed by atoms with Gasteiger partial charge in [-0.2, -0.15) is 0 Å². The first kappa shape index (κ1) is 55.5. The lowest BCUT2D eigenvalue weighted by Crippen LogP contribution is -2.29. The molecule has 0 aliphatic rings. The van der Waals surface area contributed by atoms with Crippen molar-refractivity contribution in [1.82, 2.24) is 9.96 Å². The number of rotatable bonds is 47. The van der Waals surface area contributed by atoms with Gasteiger partial charge in [-0.15, -0.1) is 5.06 Å². The highest BCUT2D eigenvalue weighted by atomic mass is 31.2. The molecule has 0 saturated heterocycles. The summed E-state index contributed by atoms with van der Waals surface area (Å²) in [6, 6.07) is 0. The molecule has 0 aromatic heterocycles. The second kappa shape index (κ2) is 44.1. The van der Waals surface area contributed by atoms with Crippen molar-refractivity contribution in [3.63, 3.8) is 0 Å². The second-order valence-corrected chi connectivity index (χ2v) is 19.2. The van der Waals surface area contributed by atoms with Gasteiger partial charge in [-0.05, 0) is 45.2 Å². The van der Waals surface area contributed by atoms with E-state index in [9.17, 15) is 19.1 Å². The van der Waals surface area contributed by atoms with Crippen LogP contribution in [0.25, 0.3) is 0 Å². The highest BCUT2D eigenvalue weighted by Crippen LogP contribution is 2.33. The molecule has 336 valence electrons. The average Bonchev–Trinajstić information content (AvgIpc) is 3.17. The molecule has 0 fully saturated rings. The summed E-state index contributed by atoms with van der Waals surface area (Å²) in [6.45, 7) is 10.9. The number of hydrogen-bond acceptors (Lipinski definition) is 5. The Hall–Kier alpha value is -0.460. The lowest BCUT2D eigenvalue weighted by molar-refractivity contribution is -0.191. The van der Waals surface area contributed by atoms with Gasteiger partial charge in [0, 0.05) is 26.1 Å². The van der Waals surface area contributed by atoms with Crippen molar-refractivity contribution in [3.8, 4) is 0 Å². The van der Waals surface area contributed by atoms with Crippen LogP contribution in [-0.4, -0.2) is 64.6 Å². The predicted octanol–water partition coefficient (Wildman–Crippen LogP) is 15.1. The van der Waals surface area contributed by atoms with Crippen LogP contribution in [0.2, 0.25) is 0 Å². The summed E-state index contributed by atoms with van der Waals surface area (Å²) >= 11 is 0. The molecule has 0 bridgehead atoms. The van der Waals surface area contributed by atoms with Crippen molar-refractivity contribution in [2.24, 2.45) is 0 Å². The summed E-state index contributed by atoms with van der Waals surface area (Å²) < 4.78 is 11.5. The van der Waals surface area contributed by atoms with Gasteiger partial charge in [-0.1, -0.05) is 226 Å². The number of hydroxylamine groups is 2. The first-order chi connectivity index (χ1) is 27.3. The Bertz CT molecular complexity index is 816. The summed E-state index contributed by atoms with van der Waals surface area (Å²) in [5, 5.41) is 2.00. The molecule has 0 unspecified atom stereocenters. The first-order valence-corrected chi connectivity index (χ1v) is 26.8. The van der Waals surface area contributed by atoms with Gasteiger partial charge in [0.25, 0.3) is 0 Å². The third kappa shape index (κ3) is 44.6. The molecule has 0 radical (unpaired) electrons. The maximum absolute atomic E-state index is 12.8. The minimum absolute atomic E-state index is 0.0381. The van der Waals surface area contributed by atoms with E-state index in [0.717, 1.165) is 77.5 Å². The number of hydrogen-bond donors (Lipinski definition) is 2. The number of carbonyl (C=O) groups excluding carboxylic acids is 1. The Morgan fingerprint density at radius 1 is 0.393 bits per heavy atom. The van der Waals surface area contributed by atoms with Crippen molar-refractivity contribution in [2.45, 2.75) is 265 Å². The van der Waals surface area contributed by atoms with Crippen LogP contribution in [0.3, 0.4) is 0 Å². The zero-order valence-electron chi connectivity index (χ0n) is 38.1. The normalized spacial score (nSPS) is 12.1. The molecular weight excluding hydrogens is 716 g/mol. The third-order valence-electron chi connectivity index (χ3n) is 11.6. The fourth-order valence-electron chi connectivity index (χ4n) is 7.86. The van der Waals surface area contributed by atoms with E-state index < -0.39 is 7.60 Å². The molecule has 8 heteroatoms. The van der Waals surface area contributed by atoms with Crippen LogP contribution in [0.15, 0.2) is 0 Å². The van der Waals surface area contributed by atoms with E-state index in [-0.39, 0.29) is 12.1 Å². The lowest BCUT2D eigenvalue weighted by atomic mass is 10.1. The lowest BCUT2D eigenvalue weighted by Gasteiger charge is -2.22. The van der Waals surface area contributed by atoms with E-state index >= 15 is 0 Å². The van der Waals surface area contributed by atoms with Gasteiger partial charge in [-0.25, -0.2) is 0 Å². The standard InChI is InChI=1S/C48H99N2O5P/c1-4-7-10-13-16-19-22-27-32-37-42-49(46-47-56(52,53)54)43-38-33-28-25-26-31-36-41-48(51)55-50(44-39-34-29-23-20-17-14-11-8-5-2)45-40-35-30-24-21-18-15-12-9-6-3/h4-47H2,1-3H3,(H2,52,53,54). The monoisotopic (exact) mass is 815 g/mol. The number of unbranched alkanes of at least 4 members (excludes halogenated alkanes) is 33. The molecule has 56 heavy (non-hydrogen) atoms. The summed E-state index contributed by atoms with van der Waals surface area (Å²) in [5.74, 6) is -0.0537. The fraction of sp³-hybridized carbons (Fsp3) is 0.979. The zero-order valence-corrected chi connectivity index (χ0v) is 39.0. The summed E-state index contributed by atoms with van der Waals surface area (Å²) in [4.78, 5) is 39.9. The van der Waals surface area contributed by atoms with Gasteiger partial charge in [0.2, 0.25) is 0 Å². The SMILES string of the molecule is CCCCCCCCCCCCN(CCCCCCCCCC(=O)ON(CCCCCCCCCCCC)CCCCCCCCCCCC)CCP(=O)(O)O. The predicted molar refractivity (Wildman–Crippen MR) is 243 cm³/mol. The van der Waals surface area contributed by atoms with Crippen molar-refractivity contribution < 1.29 is 24.0 Å². The van der Waals surface area contributed by atoms with E-state index in [1.54, 1.807) is 0 Å². The number of carbonyl (C=O) groups is 1. The summed E-state index contributed by atoms with van der Waals surface area (Å²) in [6.07, 6.45) is 47.6. The molecule has 0 aliphatic heterocycles. The van der Waals surface area contributed by atoms with Crippen molar-refractivity contribution in [2.75, 3.05) is 38.9 Å². The Kier molecular flexibility index (Phi) is 43.7. The maximum Gasteiger partial charge on any atom is 0.326 e. The average molecular weight is 815 g/mol. The Morgan fingerprint density at radius 2 is 0.661 bits per heavy atom. The summed E-state index contributed by atoms with van der Waals surface area (Å²) in [5.41, 5.74) is 0. The number of nitrogens with zero attached hydrogens (tertiary/aromatic N) is 2. The molecule has 0 spiro atoms. The van der Waals surface area contributed by atoms with Crippen LogP contribution in [0.1, 0.15) is 265 Å². The smallest absolute Gasteiger partial charge is 0.326 e. The van der Waals surface area contributed by atoms with Crippen LogP contribution in [0.4, 0.5) is 0 Å². The van der Waals surface area contributed by atoms with Crippen LogP contribution in [-0.2, 0) is 14.2 Å². The summed E-state index contributed by atoms with van der Waals surface area (Å²) in [7, 11) is -3.97. The molecular formula is C48H99N2O5P. The second-order valence-electron chi connectivity index (χ2n) is 17.4. The molecule has 0 rings (SSSR count). The largest absolute Gasteiger partial charge is 0.368 e. The van der Waals surface area contributed by atoms with Gasteiger partial charge >= 0.3 is 13.6 Å². The van der Waals surface area contributed by atoms with E-state index in [1.807, 2.05) is 5.06 Å². The molecule has 0 aromatic carbocycles. The molecule has 0 aromatic rings. The van der Waals surface area contributed by atoms with Gasteiger partial charge in [0.05, 0.1) is 6.16 Å². The molecule has 7 nitrogen and oxygen atoms in total. The van der Waals surface area contributed by atoms with E-state index in [0.29, 0.717) is 13.0 Å². The molecule has 0 atom stereocenters. The van der Waals surface area contributed by atoms with Crippen molar-refractivity contribution >= 4 is 13.6 Å². The van der Waals surface area contributed by atoms with E-state index in [4.69, 9.17) is 4.84 Å².